The molecule has 1 fully saturated rings. The third-order valence-corrected chi connectivity index (χ3v) is 3.18. The molecule has 2 rings (SSSR count). The van der Waals surface area contributed by atoms with Crippen molar-refractivity contribution >= 4 is 11.8 Å². The number of hydrogen-bond donors (Lipinski definition) is 2. The first-order chi connectivity index (χ1) is 9.16. The number of nitrogens with one attached hydrogen (secondary N) is 2. The van der Waals surface area contributed by atoms with Crippen LogP contribution in [0.1, 0.15) is 13.3 Å². The molecule has 1 aliphatic heterocycles. The number of para-hydroxylation sites is 1. The van der Waals surface area contributed by atoms with E-state index in [2.05, 4.69) is 10.6 Å². The second-order valence-corrected chi connectivity index (χ2v) is 4.70. The average Bonchev–Trinajstić information content (AvgIpc) is 2.42. The highest BCUT2D eigenvalue weighted by Crippen LogP contribution is 2.12. The molecule has 0 unspecified atom stereocenters. The first-order valence-electron chi connectivity index (χ1n) is 6.42. The van der Waals surface area contributed by atoms with E-state index in [1.807, 2.05) is 25.1 Å². The smallest absolute Gasteiger partial charge is 0.258 e. The Kier molecular flexibility index (Phi) is 4.39. The molecule has 1 aliphatic rings. The van der Waals surface area contributed by atoms with Crippen molar-refractivity contribution in [1.82, 2.24) is 10.6 Å². The molecule has 5 nitrogen and oxygen atoms in total. The molecule has 0 radical (unpaired) electrons. The van der Waals surface area contributed by atoms with Gasteiger partial charge in [-0.15, -0.1) is 0 Å². The van der Waals surface area contributed by atoms with Crippen LogP contribution in [-0.2, 0) is 9.59 Å². The van der Waals surface area contributed by atoms with Gasteiger partial charge in [-0.05, 0) is 24.5 Å². The summed E-state index contributed by atoms with van der Waals surface area (Å²) in [5.41, 5.74) is 0. The van der Waals surface area contributed by atoms with Gasteiger partial charge in [0.15, 0.2) is 6.61 Å². The second kappa shape index (κ2) is 6.22. The van der Waals surface area contributed by atoms with Crippen LogP contribution < -0.4 is 15.4 Å². The Bertz CT molecular complexity index is 447. The van der Waals surface area contributed by atoms with Crippen molar-refractivity contribution in [1.29, 1.82) is 0 Å². The van der Waals surface area contributed by atoms with Crippen molar-refractivity contribution in [3.8, 4) is 5.75 Å². The van der Waals surface area contributed by atoms with E-state index in [9.17, 15) is 9.59 Å². The molecule has 1 saturated heterocycles. The summed E-state index contributed by atoms with van der Waals surface area (Å²) < 4.78 is 5.34. The molecular weight excluding hydrogens is 244 g/mol. The minimum Gasteiger partial charge on any atom is -0.484 e. The van der Waals surface area contributed by atoms with E-state index in [-0.39, 0.29) is 24.3 Å². The zero-order valence-electron chi connectivity index (χ0n) is 10.9. The van der Waals surface area contributed by atoms with E-state index in [0.717, 1.165) is 6.42 Å². The number of carbonyl (C=O) groups is 2. The molecule has 19 heavy (non-hydrogen) atoms. The number of rotatable bonds is 4. The predicted molar refractivity (Wildman–Crippen MR) is 70.7 cm³/mol. The van der Waals surface area contributed by atoms with Gasteiger partial charge in [-0.25, -0.2) is 0 Å². The molecule has 0 spiro atoms. The van der Waals surface area contributed by atoms with E-state index in [4.69, 9.17) is 4.74 Å². The predicted octanol–water partition coefficient (Wildman–Crippen LogP) is 0.706. The highest BCUT2D eigenvalue weighted by atomic mass is 16.5. The molecule has 102 valence electrons. The number of piperidine rings is 1. The monoisotopic (exact) mass is 262 g/mol. The Balaban J connectivity index is 1.82. The van der Waals surface area contributed by atoms with Crippen LogP contribution in [0.25, 0.3) is 0 Å². The quantitative estimate of drug-likeness (QED) is 0.839. The number of benzene rings is 1. The lowest BCUT2D eigenvalue weighted by molar-refractivity contribution is -0.132. The van der Waals surface area contributed by atoms with Crippen LogP contribution in [-0.4, -0.2) is 31.0 Å². The lowest BCUT2D eigenvalue weighted by atomic mass is 9.94. The van der Waals surface area contributed by atoms with Crippen molar-refractivity contribution in [3.63, 3.8) is 0 Å². The van der Waals surface area contributed by atoms with E-state index in [1.54, 1.807) is 12.1 Å². The van der Waals surface area contributed by atoms with Crippen molar-refractivity contribution in [3.05, 3.63) is 30.3 Å². The van der Waals surface area contributed by atoms with E-state index >= 15 is 0 Å². The van der Waals surface area contributed by atoms with E-state index in [0.29, 0.717) is 12.3 Å². The molecule has 1 aromatic rings. The molecule has 1 heterocycles. The molecule has 2 N–H and O–H groups in total. The molecule has 2 atom stereocenters. The summed E-state index contributed by atoms with van der Waals surface area (Å²) in [4.78, 5) is 23.4. The van der Waals surface area contributed by atoms with Crippen molar-refractivity contribution in [2.24, 2.45) is 5.92 Å². The number of carbonyl (C=O) groups excluding carboxylic acids is 2. The summed E-state index contributed by atoms with van der Waals surface area (Å²) in [5, 5.41) is 5.46. The zero-order chi connectivity index (χ0) is 13.7. The van der Waals surface area contributed by atoms with Crippen LogP contribution in [0.15, 0.2) is 30.3 Å². The highest BCUT2D eigenvalue weighted by Gasteiger charge is 2.29. The minimum atomic E-state index is -0.458. The van der Waals surface area contributed by atoms with Crippen molar-refractivity contribution < 1.29 is 14.3 Å². The van der Waals surface area contributed by atoms with Gasteiger partial charge in [-0.1, -0.05) is 25.1 Å². The Morgan fingerprint density at radius 1 is 1.42 bits per heavy atom. The van der Waals surface area contributed by atoms with Gasteiger partial charge in [0.25, 0.3) is 5.91 Å². The number of amides is 2. The van der Waals surface area contributed by atoms with Crippen LogP contribution in [0.5, 0.6) is 5.75 Å². The van der Waals surface area contributed by atoms with Crippen molar-refractivity contribution in [2.75, 3.05) is 13.2 Å². The zero-order valence-corrected chi connectivity index (χ0v) is 10.9. The van der Waals surface area contributed by atoms with Gasteiger partial charge < -0.3 is 15.4 Å². The highest BCUT2D eigenvalue weighted by molar-refractivity contribution is 5.88. The Morgan fingerprint density at radius 3 is 2.84 bits per heavy atom. The largest absolute Gasteiger partial charge is 0.484 e. The molecule has 1 aromatic carbocycles. The third-order valence-electron chi connectivity index (χ3n) is 3.18. The maximum absolute atomic E-state index is 11.8. The molecule has 0 saturated carbocycles. The maximum Gasteiger partial charge on any atom is 0.258 e. The van der Waals surface area contributed by atoms with Gasteiger partial charge in [0, 0.05) is 6.54 Å². The Hall–Kier alpha value is -2.04. The van der Waals surface area contributed by atoms with E-state index < -0.39 is 6.04 Å². The normalized spacial score (nSPS) is 22.5. The Labute approximate surface area is 112 Å². The molecule has 5 heteroatoms. The van der Waals surface area contributed by atoms with Crippen LogP contribution in [0.4, 0.5) is 0 Å². The van der Waals surface area contributed by atoms with E-state index in [1.165, 1.54) is 0 Å². The number of hydrogen-bond acceptors (Lipinski definition) is 3. The van der Waals surface area contributed by atoms with Gasteiger partial charge >= 0.3 is 0 Å². The summed E-state index contributed by atoms with van der Waals surface area (Å²) in [5.74, 6) is 0.387. The second-order valence-electron chi connectivity index (χ2n) is 4.70. The van der Waals surface area contributed by atoms with Crippen LogP contribution in [0.3, 0.4) is 0 Å². The van der Waals surface area contributed by atoms with Crippen LogP contribution >= 0.6 is 0 Å². The summed E-state index contributed by atoms with van der Waals surface area (Å²) in [6, 6.07) is 8.65. The molecule has 2 amide bonds. The van der Waals surface area contributed by atoms with Crippen LogP contribution in [0, 0.1) is 5.92 Å². The molecular formula is C14H18N2O3. The molecule has 0 aromatic heterocycles. The van der Waals surface area contributed by atoms with Crippen LogP contribution in [0.2, 0.25) is 0 Å². The third kappa shape index (κ3) is 3.71. The molecule has 0 aliphatic carbocycles. The van der Waals surface area contributed by atoms with Gasteiger partial charge in [-0.3, -0.25) is 9.59 Å². The maximum atomic E-state index is 11.8. The fraction of sp³-hybridized carbons (Fsp3) is 0.429. The summed E-state index contributed by atoms with van der Waals surface area (Å²) in [7, 11) is 0. The fourth-order valence-corrected chi connectivity index (χ4v) is 2.05. The topological polar surface area (TPSA) is 67.4 Å². The van der Waals surface area contributed by atoms with Gasteiger partial charge in [-0.2, -0.15) is 0 Å². The van der Waals surface area contributed by atoms with Gasteiger partial charge in [0.05, 0.1) is 0 Å². The first kappa shape index (κ1) is 13.4. The SMILES string of the molecule is C[C@@H]1CCNC(=O)[C@H]1NC(=O)COc1ccccc1. The first-order valence-corrected chi connectivity index (χ1v) is 6.42. The summed E-state index contributed by atoms with van der Waals surface area (Å²) in [6.07, 6.45) is 0.871. The summed E-state index contributed by atoms with van der Waals surface area (Å²) in [6.45, 7) is 2.55. The molecule has 0 bridgehead atoms. The lowest BCUT2D eigenvalue weighted by Crippen LogP contribution is -2.55. The summed E-state index contributed by atoms with van der Waals surface area (Å²) >= 11 is 0. The van der Waals surface area contributed by atoms with Crippen molar-refractivity contribution in [2.45, 2.75) is 19.4 Å². The minimum absolute atomic E-state index is 0.0828. The fourth-order valence-electron chi connectivity index (χ4n) is 2.05. The standard InChI is InChI=1S/C14H18N2O3/c1-10-7-8-15-14(18)13(10)16-12(17)9-19-11-5-3-2-4-6-11/h2-6,10,13H,7-9H2,1H3,(H,15,18)(H,16,17)/t10-,13+/m1/s1. The van der Waals surface area contributed by atoms with Gasteiger partial charge in [0.2, 0.25) is 5.91 Å². The average molecular weight is 262 g/mol. The number of ether oxygens (including phenoxy) is 1. The van der Waals surface area contributed by atoms with Gasteiger partial charge in [0.1, 0.15) is 11.8 Å². The lowest BCUT2D eigenvalue weighted by Gasteiger charge is -2.28. The Morgan fingerprint density at radius 2 is 2.16 bits per heavy atom.